The minimum Gasteiger partial charge on any atom is -0.456 e. The topological polar surface area (TPSA) is 13.1 Å². The van der Waals surface area contributed by atoms with Crippen LogP contribution in [0.2, 0.25) is 0 Å². The van der Waals surface area contributed by atoms with E-state index in [0.717, 1.165) is 10.8 Å². The van der Waals surface area contributed by atoms with Crippen molar-refractivity contribution in [3.05, 3.63) is 155 Å². The standard InChI is InChI=1S/C38H26O/c1-2-10-28-21-25(17-19-27(28)9-1)22-34-29-11-3-5-13-31(29)35(32-14-6-4-12-30(32)34)23-26-18-20-38-36(24-26)33-15-7-8-16-37(33)39-38/h1-21,24H,22-23H2/i1D,2D,3D,4D,5D,6D,9D,10D,11D,12D,13D,14D,17D,19D. The predicted molar refractivity (Wildman–Crippen MR) is 165 cm³/mol. The summed E-state index contributed by atoms with van der Waals surface area (Å²) in [5, 5.41) is 1.54. The van der Waals surface area contributed by atoms with Crippen LogP contribution in [0.3, 0.4) is 0 Å². The van der Waals surface area contributed by atoms with Gasteiger partial charge in [0.15, 0.2) is 0 Å². The fraction of sp³-hybridized carbons (Fsp3) is 0.0526. The van der Waals surface area contributed by atoms with Crippen molar-refractivity contribution in [1.29, 1.82) is 0 Å². The summed E-state index contributed by atoms with van der Waals surface area (Å²) in [4.78, 5) is 0. The summed E-state index contributed by atoms with van der Waals surface area (Å²) in [5.41, 5.74) is 2.39. The van der Waals surface area contributed by atoms with Gasteiger partial charge in [0.2, 0.25) is 0 Å². The normalized spacial score (nSPS) is 16.8. The molecule has 184 valence electrons. The fourth-order valence-corrected chi connectivity index (χ4v) is 5.39. The first-order valence-corrected chi connectivity index (χ1v) is 12.5. The highest BCUT2D eigenvalue weighted by Crippen LogP contribution is 2.37. The van der Waals surface area contributed by atoms with Crippen LogP contribution in [0.1, 0.15) is 41.4 Å². The average molecular weight is 513 g/mol. The molecule has 0 saturated heterocycles. The van der Waals surface area contributed by atoms with Crippen molar-refractivity contribution in [1.82, 2.24) is 0 Å². The minimum atomic E-state index is -0.568. The summed E-state index contributed by atoms with van der Waals surface area (Å²) in [6.07, 6.45) is -0.340. The van der Waals surface area contributed by atoms with E-state index in [9.17, 15) is 0 Å². The molecule has 7 aromatic carbocycles. The molecule has 1 aromatic heterocycles. The molecule has 8 aromatic rings. The van der Waals surface area contributed by atoms with Crippen LogP contribution in [0.15, 0.2) is 138 Å². The van der Waals surface area contributed by atoms with E-state index in [1.165, 1.54) is 6.07 Å². The molecule has 8 rings (SSSR count). The quantitative estimate of drug-likeness (QED) is 0.214. The zero-order valence-corrected chi connectivity index (χ0v) is 20.4. The Morgan fingerprint density at radius 1 is 0.462 bits per heavy atom. The van der Waals surface area contributed by atoms with Gasteiger partial charge in [0.1, 0.15) is 11.2 Å². The molecule has 0 fully saturated rings. The van der Waals surface area contributed by atoms with Crippen LogP contribution < -0.4 is 0 Å². The van der Waals surface area contributed by atoms with Gasteiger partial charge in [-0.05, 0) is 85.6 Å². The van der Waals surface area contributed by atoms with Crippen LogP contribution in [0.5, 0.6) is 0 Å². The molecule has 0 atom stereocenters. The number of fused-ring (bicyclic) bond motifs is 6. The number of hydrogen-bond donors (Lipinski definition) is 0. The minimum absolute atomic E-state index is 0.0136. The first kappa shape index (κ1) is 12.3. The number of furan rings is 1. The van der Waals surface area contributed by atoms with Crippen molar-refractivity contribution < 1.29 is 23.6 Å². The second-order valence-electron chi connectivity index (χ2n) is 9.45. The van der Waals surface area contributed by atoms with Gasteiger partial charge in [0.05, 0.1) is 19.2 Å². The monoisotopic (exact) mass is 512 g/mol. The van der Waals surface area contributed by atoms with Crippen LogP contribution in [-0.2, 0) is 12.8 Å². The lowest BCUT2D eigenvalue weighted by atomic mass is 9.86. The number of para-hydroxylation sites is 1. The smallest absolute Gasteiger partial charge is 0.135 e. The van der Waals surface area contributed by atoms with Crippen molar-refractivity contribution in [3.8, 4) is 0 Å². The van der Waals surface area contributed by atoms with Gasteiger partial charge in [-0.1, -0.05) is 115 Å². The molecule has 0 saturated carbocycles. The van der Waals surface area contributed by atoms with E-state index in [-0.39, 0.29) is 61.8 Å². The third-order valence-corrected chi connectivity index (χ3v) is 7.15. The summed E-state index contributed by atoms with van der Waals surface area (Å²) < 4.78 is 128. The Morgan fingerprint density at radius 2 is 1.05 bits per heavy atom. The van der Waals surface area contributed by atoms with Gasteiger partial charge >= 0.3 is 0 Å². The average Bonchev–Trinajstić information content (AvgIpc) is 3.52. The maximum absolute atomic E-state index is 9.15. The molecule has 0 amide bonds. The zero-order valence-electron chi connectivity index (χ0n) is 34.4. The first-order chi connectivity index (χ1) is 25.1. The lowest BCUT2D eigenvalue weighted by Gasteiger charge is -2.17. The maximum Gasteiger partial charge on any atom is 0.135 e. The number of benzene rings is 7. The molecule has 0 spiro atoms. The van der Waals surface area contributed by atoms with Crippen molar-refractivity contribution in [3.63, 3.8) is 0 Å². The van der Waals surface area contributed by atoms with Crippen LogP contribution in [-0.4, -0.2) is 0 Å². The third kappa shape index (κ3) is 3.70. The lowest BCUT2D eigenvalue weighted by molar-refractivity contribution is 0.669. The molecule has 1 heteroatoms. The Bertz CT molecular complexity index is 2870. The van der Waals surface area contributed by atoms with Gasteiger partial charge < -0.3 is 4.42 Å². The molecule has 0 N–H and O–H groups in total. The third-order valence-electron chi connectivity index (χ3n) is 7.15. The zero-order chi connectivity index (χ0) is 37.9. The van der Waals surface area contributed by atoms with E-state index in [2.05, 4.69) is 0 Å². The molecule has 1 nitrogen and oxygen atoms in total. The Kier molecular flexibility index (Phi) is 2.80. The van der Waals surface area contributed by atoms with Crippen LogP contribution in [0.4, 0.5) is 0 Å². The molecule has 39 heavy (non-hydrogen) atoms. The summed E-state index contributed by atoms with van der Waals surface area (Å²) in [6, 6.07) is 7.52. The number of rotatable bonds is 4. The summed E-state index contributed by atoms with van der Waals surface area (Å²) in [7, 11) is 0. The molecule has 0 aliphatic carbocycles. The molecule has 1 heterocycles. The van der Waals surface area contributed by atoms with E-state index < -0.39 is 84.6 Å². The molecular weight excluding hydrogens is 472 g/mol. The molecule has 0 aliphatic rings. The Hall–Kier alpha value is -4.88. The molecule has 0 aliphatic heterocycles. The second kappa shape index (κ2) is 8.85. The Morgan fingerprint density at radius 3 is 1.77 bits per heavy atom. The summed E-state index contributed by atoms with van der Waals surface area (Å²) in [6.45, 7) is 0. The van der Waals surface area contributed by atoms with E-state index in [4.69, 9.17) is 23.6 Å². The van der Waals surface area contributed by atoms with Gasteiger partial charge in [0.25, 0.3) is 0 Å². The second-order valence-corrected chi connectivity index (χ2v) is 9.45. The van der Waals surface area contributed by atoms with Crippen LogP contribution in [0.25, 0.3) is 54.3 Å². The SMILES string of the molecule is [2H]c1c([2H])c([2H])c2c([2H])c([2H])c(Cc3c4c([2H])c([2H])c([2H])c([2H])c4c(Cc4ccc5oc6ccccc6c5c4)c4c([2H])c([2H])c([2H])c([2H])c34)cc2c1[2H]. The van der Waals surface area contributed by atoms with E-state index in [1.807, 2.05) is 30.3 Å². The predicted octanol–water partition coefficient (Wildman–Crippen LogP) is 10.2. The Balaban J connectivity index is 1.50. The Labute approximate surface area is 246 Å². The first-order valence-electron chi connectivity index (χ1n) is 19.5. The van der Waals surface area contributed by atoms with Gasteiger partial charge in [-0.25, -0.2) is 0 Å². The summed E-state index contributed by atoms with van der Waals surface area (Å²) in [5.74, 6) is 0. The van der Waals surface area contributed by atoms with Crippen molar-refractivity contribution in [2.45, 2.75) is 12.8 Å². The lowest BCUT2D eigenvalue weighted by Crippen LogP contribution is -1.98. The molecular formula is C38H26O. The van der Waals surface area contributed by atoms with Gasteiger partial charge in [-0.3, -0.25) is 0 Å². The van der Waals surface area contributed by atoms with Crippen LogP contribution >= 0.6 is 0 Å². The van der Waals surface area contributed by atoms with Crippen molar-refractivity contribution in [2.75, 3.05) is 0 Å². The van der Waals surface area contributed by atoms with E-state index in [0.29, 0.717) is 16.7 Å². The fourth-order valence-electron chi connectivity index (χ4n) is 5.39. The molecule has 0 unspecified atom stereocenters. The van der Waals surface area contributed by atoms with Crippen molar-refractivity contribution >= 4 is 54.3 Å². The highest BCUT2D eigenvalue weighted by molar-refractivity contribution is 6.07. The molecule has 0 bridgehead atoms. The van der Waals surface area contributed by atoms with Crippen molar-refractivity contribution in [2.24, 2.45) is 0 Å². The van der Waals surface area contributed by atoms with Crippen LogP contribution in [0, 0.1) is 0 Å². The van der Waals surface area contributed by atoms with Gasteiger partial charge in [0, 0.05) is 10.8 Å². The largest absolute Gasteiger partial charge is 0.456 e. The van der Waals surface area contributed by atoms with Gasteiger partial charge in [-0.15, -0.1) is 0 Å². The van der Waals surface area contributed by atoms with E-state index in [1.54, 1.807) is 12.1 Å². The van der Waals surface area contributed by atoms with E-state index >= 15 is 0 Å². The summed E-state index contributed by atoms with van der Waals surface area (Å²) >= 11 is 0. The number of hydrogen-bond acceptors (Lipinski definition) is 1. The highest BCUT2D eigenvalue weighted by Gasteiger charge is 2.16. The molecule has 0 radical (unpaired) electrons. The maximum atomic E-state index is 9.15. The highest BCUT2D eigenvalue weighted by atomic mass is 16.3. The van der Waals surface area contributed by atoms with Gasteiger partial charge in [-0.2, -0.15) is 0 Å².